The van der Waals surface area contributed by atoms with Gasteiger partial charge in [0.15, 0.2) is 11.5 Å². The van der Waals surface area contributed by atoms with Gasteiger partial charge in [-0.25, -0.2) is 0 Å². The van der Waals surface area contributed by atoms with Crippen LogP contribution in [0.4, 0.5) is 0 Å². The summed E-state index contributed by atoms with van der Waals surface area (Å²) in [6, 6.07) is 3.25. The summed E-state index contributed by atoms with van der Waals surface area (Å²) in [7, 11) is 0. The molecule has 0 N–H and O–H groups in total. The largest absolute Gasteiger partial charge is 0.454 e. The molecule has 1 heterocycles. The van der Waals surface area contributed by atoms with Crippen molar-refractivity contribution in [3.05, 3.63) is 38.5 Å². The van der Waals surface area contributed by atoms with Crippen LogP contribution in [0.5, 0.6) is 11.5 Å². The van der Waals surface area contributed by atoms with E-state index in [0.29, 0.717) is 22.1 Å². The molecule has 1 aromatic rings. The van der Waals surface area contributed by atoms with Crippen LogP contribution in [0.25, 0.3) is 6.08 Å². The molecule has 2 rings (SSSR count). The summed E-state index contributed by atoms with van der Waals surface area (Å²) in [4.78, 5) is 10.0. The van der Waals surface area contributed by atoms with Crippen molar-refractivity contribution in [1.29, 1.82) is 0 Å². The van der Waals surface area contributed by atoms with E-state index in [1.165, 1.54) is 13.0 Å². The van der Waals surface area contributed by atoms with E-state index in [-0.39, 0.29) is 12.5 Å². The topological polar surface area (TPSA) is 61.6 Å². The zero-order valence-electron chi connectivity index (χ0n) is 8.40. The minimum atomic E-state index is -0.460. The molecule has 84 valence electrons. The summed E-state index contributed by atoms with van der Waals surface area (Å²) in [5.41, 5.74) is 0.651. The molecule has 1 aliphatic heterocycles. The zero-order chi connectivity index (χ0) is 11.7. The Labute approximate surface area is 96.4 Å². The summed E-state index contributed by atoms with van der Waals surface area (Å²) in [6.07, 6.45) is 1.42. The molecule has 16 heavy (non-hydrogen) atoms. The van der Waals surface area contributed by atoms with Gasteiger partial charge >= 0.3 is 0 Å². The van der Waals surface area contributed by atoms with E-state index >= 15 is 0 Å². The summed E-state index contributed by atoms with van der Waals surface area (Å²) in [5.74, 6) is 0.993. The van der Waals surface area contributed by atoms with Gasteiger partial charge in [0.05, 0.1) is 9.95 Å². The molecule has 0 aromatic heterocycles. The molecule has 0 spiro atoms. The standard InChI is InChI=1S/C10H8ClNO4/c1-6(12(13)14)2-7-3-8(11)10-9(4-7)15-5-16-10/h2-4H,5H2,1H3. The number of nitrogens with zero attached hydrogens (tertiary/aromatic N) is 1. The predicted octanol–water partition coefficient (Wildman–Crippen LogP) is 2.71. The lowest BCUT2D eigenvalue weighted by Gasteiger charge is -2.00. The molecule has 0 radical (unpaired) electrons. The predicted molar refractivity (Wildman–Crippen MR) is 58.2 cm³/mol. The van der Waals surface area contributed by atoms with Crippen LogP contribution >= 0.6 is 11.6 Å². The Balaban J connectivity index is 2.41. The Morgan fingerprint density at radius 3 is 3.00 bits per heavy atom. The second-order valence-electron chi connectivity index (χ2n) is 3.28. The average molecular weight is 242 g/mol. The van der Waals surface area contributed by atoms with Crippen LogP contribution in [0.2, 0.25) is 5.02 Å². The lowest BCUT2D eigenvalue weighted by atomic mass is 10.2. The number of allylic oxidation sites excluding steroid dienone is 1. The molecule has 1 aromatic carbocycles. The number of ether oxygens (including phenoxy) is 2. The van der Waals surface area contributed by atoms with Crippen molar-refractivity contribution in [3.8, 4) is 11.5 Å². The molecule has 0 atom stereocenters. The van der Waals surface area contributed by atoms with Gasteiger partial charge in [-0.3, -0.25) is 10.1 Å². The van der Waals surface area contributed by atoms with Crippen molar-refractivity contribution >= 4 is 17.7 Å². The second kappa shape index (κ2) is 4.02. The molecular formula is C10H8ClNO4. The van der Waals surface area contributed by atoms with Crippen LogP contribution in [0.3, 0.4) is 0 Å². The first-order valence-electron chi connectivity index (χ1n) is 4.50. The quantitative estimate of drug-likeness (QED) is 0.590. The minimum Gasteiger partial charge on any atom is -0.454 e. The molecule has 0 saturated carbocycles. The number of benzene rings is 1. The molecule has 0 unspecified atom stereocenters. The Hall–Kier alpha value is -1.75. The fraction of sp³-hybridized carbons (Fsp3) is 0.200. The molecular weight excluding hydrogens is 234 g/mol. The second-order valence-corrected chi connectivity index (χ2v) is 3.69. The third-order valence-electron chi connectivity index (χ3n) is 2.11. The van der Waals surface area contributed by atoms with Crippen molar-refractivity contribution in [2.45, 2.75) is 6.92 Å². The molecule has 0 aliphatic carbocycles. The van der Waals surface area contributed by atoms with Gasteiger partial charge in [0.1, 0.15) is 0 Å². The lowest BCUT2D eigenvalue weighted by Crippen LogP contribution is -1.93. The summed E-state index contributed by atoms with van der Waals surface area (Å²) >= 11 is 5.93. The number of nitro groups is 1. The van der Waals surface area contributed by atoms with Gasteiger partial charge in [0, 0.05) is 13.0 Å². The number of halogens is 1. The van der Waals surface area contributed by atoms with Gasteiger partial charge in [-0.15, -0.1) is 0 Å². The van der Waals surface area contributed by atoms with Gasteiger partial charge in [0.2, 0.25) is 12.5 Å². The highest BCUT2D eigenvalue weighted by Crippen LogP contribution is 2.40. The highest BCUT2D eigenvalue weighted by molar-refractivity contribution is 6.32. The van der Waals surface area contributed by atoms with Crippen LogP contribution in [0.1, 0.15) is 12.5 Å². The molecule has 6 heteroatoms. The number of hydrogen-bond donors (Lipinski definition) is 0. The van der Waals surface area contributed by atoms with Crippen LogP contribution < -0.4 is 9.47 Å². The fourth-order valence-corrected chi connectivity index (χ4v) is 1.64. The van der Waals surface area contributed by atoms with Crippen LogP contribution in [0.15, 0.2) is 17.8 Å². The van der Waals surface area contributed by atoms with E-state index in [0.717, 1.165) is 0 Å². The molecule has 0 saturated heterocycles. The van der Waals surface area contributed by atoms with Gasteiger partial charge in [0.25, 0.3) is 0 Å². The Kier molecular flexibility index (Phi) is 2.70. The Morgan fingerprint density at radius 1 is 1.56 bits per heavy atom. The van der Waals surface area contributed by atoms with E-state index in [9.17, 15) is 10.1 Å². The highest BCUT2D eigenvalue weighted by Gasteiger charge is 2.18. The lowest BCUT2D eigenvalue weighted by molar-refractivity contribution is -0.422. The van der Waals surface area contributed by atoms with Gasteiger partial charge in [-0.1, -0.05) is 11.6 Å². The zero-order valence-corrected chi connectivity index (χ0v) is 9.15. The summed E-state index contributed by atoms with van der Waals surface area (Å²) in [6.45, 7) is 1.54. The molecule has 0 fully saturated rings. The fourth-order valence-electron chi connectivity index (χ4n) is 1.36. The first-order chi connectivity index (χ1) is 7.58. The van der Waals surface area contributed by atoms with E-state index in [1.54, 1.807) is 12.1 Å². The summed E-state index contributed by atoms with van der Waals surface area (Å²) in [5, 5.41) is 10.9. The smallest absolute Gasteiger partial charge is 0.243 e. The molecule has 1 aliphatic rings. The molecule has 0 amide bonds. The van der Waals surface area contributed by atoms with Gasteiger partial charge < -0.3 is 9.47 Å². The maximum absolute atomic E-state index is 10.5. The van der Waals surface area contributed by atoms with Crippen molar-refractivity contribution < 1.29 is 14.4 Å². The maximum Gasteiger partial charge on any atom is 0.243 e. The minimum absolute atomic E-state index is 0.0370. The third-order valence-corrected chi connectivity index (χ3v) is 2.39. The number of rotatable bonds is 2. The van der Waals surface area contributed by atoms with Crippen LogP contribution in [-0.2, 0) is 0 Å². The number of fused-ring (bicyclic) bond motifs is 1. The van der Waals surface area contributed by atoms with Crippen LogP contribution in [-0.4, -0.2) is 11.7 Å². The third kappa shape index (κ3) is 1.94. The first kappa shape index (κ1) is 10.8. The maximum atomic E-state index is 10.5. The number of hydrogen-bond acceptors (Lipinski definition) is 4. The molecule has 5 nitrogen and oxygen atoms in total. The Bertz CT molecular complexity index is 484. The van der Waals surface area contributed by atoms with Crippen LogP contribution in [0, 0.1) is 10.1 Å². The average Bonchev–Trinajstić information content (AvgIpc) is 2.65. The van der Waals surface area contributed by atoms with Crippen molar-refractivity contribution in [2.75, 3.05) is 6.79 Å². The van der Waals surface area contributed by atoms with E-state index in [2.05, 4.69) is 0 Å². The van der Waals surface area contributed by atoms with Crippen molar-refractivity contribution in [1.82, 2.24) is 0 Å². The van der Waals surface area contributed by atoms with E-state index in [4.69, 9.17) is 21.1 Å². The Morgan fingerprint density at radius 2 is 2.31 bits per heavy atom. The van der Waals surface area contributed by atoms with Crippen molar-refractivity contribution in [2.24, 2.45) is 0 Å². The van der Waals surface area contributed by atoms with Gasteiger partial charge in [-0.2, -0.15) is 0 Å². The SMILES string of the molecule is CC(=Cc1cc(Cl)c2c(c1)OCO2)[N+](=O)[O-]. The van der Waals surface area contributed by atoms with Crippen molar-refractivity contribution in [3.63, 3.8) is 0 Å². The summed E-state index contributed by atoms with van der Waals surface area (Å²) < 4.78 is 10.3. The molecule has 0 bridgehead atoms. The highest BCUT2D eigenvalue weighted by atomic mass is 35.5. The van der Waals surface area contributed by atoms with Gasteiger partial charge in [-0.05, 0) is 17.7 Å². The first-order valence-corrected chi connectivity index (χ1v) is 4.87. The van der Waals surface area contributed by atoms with E-state index < -0.39 is 4.92 Å². The van der Waals surface area contributed by atoms with E-state index in [1.807, 2.05) is 0 Å². The normalized spacial score (nSPS) is 14.0. The monoisotopic (exact) mass is 241 g/mol.